The molecule has 140 valence electrons. The highest BCUT2D eigenvalue weighted by Gasteiger charge is 2.28. The third kappa shape index (κ3) is 3.84. The van der Waals surface area contributed by atoms with Crippen molar-refractivity contribution in [1.29, 1.82) is 0 Å². The predicted molar refractivity (Wildman–Crippen MR) is 98.4 cm³/mol. The van der Waals surface area contributed by atoms with Crippen LogP contribution in [0.25, 0.3) is 0 Å². The smallest absolute Gasteiger partial charge is 0.253 e. The third-order valence-corrected chi connectivity index (χ3v) is 4.61. The lowest BCUT2D eigenvalue weighted by molar-refractivity contribution is -0.129. The number of carbonyl (C=O) groups is 2. The fourth-order valence-corrected chi connectivity index (χ4v) is 3.17. The number of nitrogens with one attached hydrogen (secondary N) is 1. The Morgan fingerprint density at radius 2 is 2.04 bits per heavy atom. The molecule has 1 atom stereocenters. The zero-order valence-electron chi connectivity index (χ0n) is 14.3. The monoisotopic (exact) mass is 388 g/mol. The van der Waals surface area contributed by atoms with Crippen molar-refractivity contribution in [3.05, 3.63) is 53.1 Å². The quantitative estimate of drug-likeness (QED) is 0.869. The molecule has 2 aromatic rings. The van der Waals surface area contributed by atoms with E-state index in [-0.39, 0.29) is 37.9 Å². The lowest BCUT2D eigenvalue weighted by Crippen LogP contribution is -2.50. The van der Waals surface area contributed by atoms with Crippen LogP contribution in [0, 0.1) is 0 Å². The number of anilines is 1. The number of nitrogens with zero attached hydrogens (tertiary/aromatic N) is 1. The number of amides is 2. The first-order valence-electron chi connectivity index (χ1n) is 8.45. The molecule has 2 heterocycles. The van der Waals surface area contributed by atoms with Crippen molar-refractivity contribution in [3.8, 4) is 11.5 Å². The molecule has 8 heteroatoms. The van der Waals surface area contributed by atoms with E-state index in [1.54, 1.807) is 41.3 Å². The van der Waals surface area contributed by atoms with Gasteiger partial charge in [-0.2, -0.15) is 0 Å². The Hall–Kier alpha value is -2.77. The van der Waals surface area contributed by atoms with Gasteiger partial charge in [-0.3, -0.25) is 9.59 Å². The zero-order valence-corrected chi connectivity index (χ0v) is 15.1. The minimum Gasteiger partial charge on any atom is -0.454 e. The average molecular weight is 389 g/mol. The van der Waals surface area contributed by atoms with Gasteiger partial charge < -0.3 is 24.4 Å². The van der Waals surface area contributed by atoms with E-state index in [9.17, 15) is 9.59 Å². The molecular weight excluding hydrogens is 372 g/mol. The second kappa shape index (κ2) is 7.46. The van der Waals surface area contributed by atoms with E-state index in [1.165, 1.54) is 0 Å². The van der Waals surface area contributed by atoms with Gasteiger partial charge in [0.25, 0.3) is 11.8 Å². The molecule has 2 aromatic carbocycles. The maximum Gasteiger partial charge on any atom is 0.253 e. The summed E-state index contributed by atoms with van der Waals surface area (Å²) < 4.78 is 16.1. The first-order chi connectivity index (χ1) is 13.1. The maximum atomic E-state index is 12.4. The van der Waals surface area contributed by atoms with E-state index in [0.29, 0.717) is 34.3 Å². The Balaban J connectivity index is 1.38. The van der Waals surface area contributed by atoms with Gasteiger partial charge in [0.2, 0.25) is 6.79 Å². The molecule has 0 aliphatic carbocycles. The summed E-state index contributed by atoms with van der Waals surface area (Å²) in [6.07, 6.45) is -0.320. The minimum atomic E-state index is -0.320. The number of fused-ring (bicyclic) bond motifs is 1. The Morgan fingerprint density at radius 3 is 2.89 bits per heavy atom. The summed E-state index contributed by atoms with van der Waals surface area (Å²) >= 11 is 6.01. The molecule has 1 N–H and O–H groups in total. The van der Waals surface area contributed by atoms with Crippen molar-refractivity contribution < 1.29 is 23.8 Å². The number of benzene rings is 2. The number of hydrogen-bond donors (Lipinski definition) is 1. The van der Waals surface area contributed by atoms with E-state index < -0.39 is 0 Å². The Labute approximate surface area is 160 Å². The summed E-state index contributed by atoms with van der Waals surface area (Å²) in [4.78, 5) is 26.2. The summed E-state index contributed by atoms with van der Waals surface area (Å²) in [5, 5.41) is 3.39. The van der Waals surface area contributed by atoms with E-state index in [4.69, 9.17) is 25.8 Å². The third-order valence-electron chi connectivity index (χ3n) is 4.37. The number of morpholine rings is 1. The van der Waals surface area contributed by atoms with Crippen LogP contribution in [0.15, 0.2) is 42.5 Å². The van der Waals surface area contributed by atoms with Gasteiger partial charge in [-0.15, -0.1) is 0 Å². The summed E-state index contributed by atoms with van der Waals surface area (Å²) in [5.74, 6) is 0.783. The topological polar surface area (TPSA) is 77.1 Å². The molecule has 2 amide bonds. The highest BCUT2D eigenvalue weighted by atomic mass is 35.5. The van der Waals surface area contributed by atoms with Crippen molar-refractivity contribution >= 4 is 29.1 Å². The van der Waals surface area contributed by atoms with Crippen LogP contribution >= 0.6 is 11.6 Å². The summed E-state index contributed by atoms with van der Waals surface area (Å²) in [5.41, 5.74) is 1.18. The molecular formula is C19H17ClN2O5. The lowest BCUT2D eigenvalue weighted by Gasteiger charge is -2.33. The van der Waals surface area contributed by atoms with Gasteiger partial charge in [-0.05, 0) is 36.4 Å². The van der Waals surface area contributed by atoms with Gasteiger partial charge in [0.05, 0.1) is 12.6 Å². The van der Waals surface area contributed by atoms with Crippen LogP contribution < -0.4 is 19.7 Å². The van der Waals surface area contributed by atoms with Crippen LogP contribution in [0.3, 0.4) is 0 Å². The molecule has 2 aliphatic heterocycles. The van der Waals surface area contributed by atoms with Crippen molar-refractivity contribution in [3.63, 3.8) is 0 Å². The maximum absolute atomic E-state index is 12.4. The number of carbonyl (C=O) groups excluding carboxylic acids is 2. The molecule has 1 saturated heterocycles. The van der Waals surface area contributed by atoms with Gasteiger partial charge in [0.1, 0.15) is 6.61 Å². The Bertz CT molecular complexity index is 888. The fraction of sp³-hybridized carbons (Fsp3) is 0.263. The van der Waals surface area contributed by atoms with Crippen LogP contribution in [0.2, 0.25) is 5.02 Å². The van der Waals surface area contributed by atoms with E-state index in [0.717, 1.165) is 0 Å². The van der Waals surface area contributed by atoms with Crippen LogP contribution in [-0.4, -0.2) is 44.4 Å². The van der Waals surface area contributed by atoms with E-state index in [2.05, 4.69) is 5.32 Å². The molecule has 0 bridgehead atoms. The molecule has 1 fully saturated rings. The predicted octanol–water partition coefficient (Wildman–Crippen LogP) is 2.23. The normalized spacial score (nSPS) is 18.5. The number of halogens is 1. The molecule has 2 aliphatic rings. The van der Waals surface area contributed by atoms with Crippen LogP contribution in [0.1, 0.15) is 10.4 Å². The van der Waals surface area contributed by atoms with E-state index in [1.807, 2.05) is 6.07 Å². The molecule has 4 rings (SSSR count). The SMILES string of the molecule is O=C(NCC1CN(c2cccc(Cl)c2)C(=O)CO1)c1ccc2c(c1)OCO2. The van der Waals surface area contributed by atoms with Gasteiger partial charge in [0.15, 0.2) is 11.5 Å². The second-order valence-electron chi connectivity index (χ2n) is 6.20. The van der Waals surface area contributed by atoms with Crippen molar-refractivity contribution in [2.45, 2.75) is 6.10 Å². The van der Waals surface area contributed by atoms with Gasteiger partial charge in [0, 0.05) is 22.8 Å². The fourth-order valence-electron chi connectivity index (χ4n) is 2.99. The zero-order chi connectivity index (χ0) is 18.8. The first kappa shape index (κ1) is 17.6. The second-order valence-corrected chi connectivity index (χ2v) is 6.63. The molecule has 0 saturated carbocycles. The summed E-state index contributed by atoms with van der Waals surface area (Å²) in [6.45, 7) is 0.721. The number of rotatable bonds is 4. The largest absolute Gasteiger partial charge is 0.454 e. The van der Waals surface area contributed by atoms with Crippen LogP contribution in [0.4, 0.5) is 5.69 Å². The summed E-state index contributed by atoms with van der Waals surface area (Å²) in [7, 11) is 0. The Kier molecular flexibility index (Phi) is 4.87. The van der Waals surface area contributed by atoms with Gasteiger partial charge in [-0.25, -0.2) is 0 Å². The standard InChI is InChI=1S/C19H17ClN2O5/c20-13-2-1-3-14(7-13)22-9-15(25-10-18(22)23)8-21-19(24)12-4-5-16-17(6-12)27-11-26-16/h1-7,15H,8-11H2,(H,21,24). The van der Waals surface area contributed by atoms with Gasteiger partial charge in [-0.1, -0.05) is 17.7 Å². The van der Waals surface area contributed by atoms with Crippen molar-refractivity contribution in [2.24, 2.45) is 0 Å². The number of hydrogen-bond acceptors (Lipinski definition) is 5. The first-order valence-corrected chi connectivity index (χ1v) is 8.83. The van der Waals surface area contributed by atoms with E-state index >= 15 is 0 Å². The van der Waals surface area contributed by atoms with Crippen molar-refractivity contribution in [1.82, 2.24) is 5.32 Å². The molecule has 7 nitrogen and oxygen atoms in total. The Morgan fingerprint density at radius 1 is 1.19 bits per heavy atom. The molecule has 0 radical (unpaired) electrons. The molecule has 27 heavy (non-hydrogen) atoms. The minimum absolute atomic E-state index is 0.0446. The number of ether oxygens (including phenoxy) is 3. The van der Waals surface area contributed by atoms with Gasteiger partial charge >= 0.3 is 0 Å². The molecule has 1 unspecified atom stereocenters. The molecule has 0 aromatic heterocycles. The van der Waals surface area contributed by atoms with Crippen molar-refractivity contribution in [2.75, 3.05) is 31.4 Å². The summed E-state index contributed by atoms with van der Waals surface area (Å²) in [6, 6.07) is 12.1. The highest BCUT2D eigenvalue weighted by Crippen LogP contribution is 2.32. The highest BCUT2D eigenvalue weighted by molar-refractivity contribution is 6.30. The van der Waals surface area contributed by atoms with Crippen LogP contribution in [0.5, 0.6) is 11.5 Å². The average Bonchev–Trinajstić information content (AvgIpc) is 3.15. The molecule has 0 spiro atoms. The lowest BCUT2D eigenvalue weighted by atomic mass is 10.1. The van der Waals surface area contributed by atoms with Crippen LogP contribution in [-0.2, 0) is 9.53 Å².